The third-order valence-electron chi connectivity index (χ3n) is 1.93. The van der Waals surface area contributed by atoms with Gasteiger partial charge in [-0.3, -0.25) is 4.98 Å². The zero-order valence-corrected chi connectivity index (χ0v) is 7.01. The average Bonchev–Trinajstić information content (AvgIpc) is 2.06. The quantitative estimate of drug-likeness (QED) is 0.579. The van der Waals surface area contributed by atoms with Crippen LogP contribution in [0.4, 0.5) is 0 Å². The van der Waals surface area contributed by atoms with Crippen molar-refractivity contribution in [2.75, 3.05) is 0 Å². The van der Waals surface area contributed by atoms with Crippen LogP contribution in [0.25, 0.3) is 6.08 Å². The summed E-state index contributed by atoms with van der Waals surface area (Å²) < 4.78 is 0. The van der Waals surface area contributed by atoms with Gasteiger partial charge in [0.15, 0.2) is 0 Å². The highest BCUT2D eigenvalue weighted by Gasteiger charge is 2.06. The van der Waals surface area contributed by atoms with E-state index in [1.54, 1.807) is 6.20 Å². The van der Waals surface area contributed by atoms with E-state index in [1.165, 1.54) is 11.1 Å². The molecule has 2 heteroatoms. The van der Waals surface area contributed by atoms with Crippen molar-refractivity contribution in [2.24, 2.45) is 0 Å². The Balaban J connectivity index is 2.60. The molecule has 0 saturated heterocycles. The summed E-state index contributed by atoms with van der Waals surface area (Å²) in [6, 6.07) is 0. The highest BCUT2D eigenvalue weighted by molar-refractivity contribution is 7.80. The number of hydrogen-bond acceptors (Lipinski definition) is 2. The summed E-state index contributed by atoms with van der Waals surface area (Å²) in [7, 11) is 0. The van der Waals surface area contributed by atoms with E-state index < -0.39 is 0 Å². The molecular formula is C9H9NS. The van der Waals surface area contributed by atoms with Crippen LogP contribution in [0.3, 0.4) is 0 Å². The molecule has 0 aliphatic heterocycles. The van der Waals surface area contributed by atoms with E-state index in [-0.39, 0.29) is 0 Å². The molecule has 0 N–H and O–H groups in total. The van der Waals surface area contributed by atoms with Crippen molar-refractivity contribution < 1.29 is 0 Å². The van der Waals surface area contributed by atoms with Crippen molar-refractivity contribution in [3.63, 3.8) is 0 Å². The van der Waals surface area contributed by atoms with Crippen LogP contribution in [-0.4, -0.2) is 4.98 Å². The molecule has 1 aromatic rings. The fraction of sp³-hybridized carbons (Fsp3) is 0.222. The first-order valence-corrected chi connectivity index (χ1v) is 4.15. The second-order valence-electron chi connectivity index (χ2n) is 2.67. The summed E-state index contributed by atoms with van der Waals surface area (Å²) in [5, 5.41) is 0. The summed E-state index contributed by atoms with van der Waals surface area (Å²) in [6.45, 7) is 0. The van der Waals surface area contributed by atoms with Gasteiger partial charge in [0, 0.05) is 17.3 Å². The van der Waals surface area contributed by atoms with E-state index in [9.17, 15) is 0 Å². The van der Waals surface area contributed by atoms with Crippen LogP contribution in [0.2, 0.25) is 0 Å². The average molecular weight is 163 g/mol. The van der Waals surface area contributed by atoms with Gasteiger partial charge in [-0.2, -0.15) is 0 Å². The lowest BCUT2D eigenvalue weighted by atomic mass is 10.00. The molecule has 0 atom stereocenters. The molecule has 1 nitrogen and oxygen atoms in total. The Kier molecular flexibility index (Phi) is 1.70. The Bertz CT molecular complexity index is 304. The highest BCUT2D eigenvalue weighted by Crippen LogP contribution is 2.23. The van der Waals surface area contributed by atoms with Crippen molar-refractivity contribution in [3.05, 3.63) is 29.6 Å². The SMILES string of the molecule is Sc1cncc2c1CCC=C2. The maximum atomic E-state index is 4.34. The number of nitrogens with zero attached hydrogens (tertiary/aromatic N) is 1. The third-order valence-corrected chi connectivity index (χ3v) is 2.31. The minimum absolute atomic E-state index is 1.02. The normalized spacial score (nSPS) is 14.6. The summed E-state index contributed by atoms with van der Waals surface area (Å²) in [4.78, 5) is 5.09. The van der Waals surface area contributed by atoms with Crippen LogP contribution in [0, 0.1) is 0 Å². The Hall–Kier alpha value is -0.760. The van der Waals surface area contributed by atoms with Gasteiger partial charge in [0.2, 0.25) is 0 Å². The first-order chi connectivity index (χ1) is 5.38. The van der Waals surface area contributed by atoms with Gasteiger partial charge >= 0.3 is 0 Å². The fourth-order valence-corrected chi connectivity index (χ4v) is 1.65. The van der Waals surface area contributed by atoms with Crippen molar-refractivity contribution in [2.45, 2.75) is 17.7 Å². The number of hydrogen-bond donors (Lipinski definition) is 1. The van der Waals surface area contributed by atoms with Crippen LogP contribution in [0.5, 0.6) is 0 Å². The van der Waals surface area contributed by atoms with Crippen molar-refractivity contribution >= 4 is 18.7 Å². The van der Waals surface area contributed by atoms with E-state index >= 15 is 0 Å². The van der Waals surface area contributed by atoms with Gasteiger partial charge in [0.25, 0.3) is 0 Å². The number of aromatic nitrogens is 1. The first-order valence-electron chi connectivity index (χ1n) is 3.70. The van der Waals surface area contributed by atoms with Crippen LogP contribution >= 0.6 is 12.6 Å². The molecule has 11 heavy (non-hydrogen) atoms. The van der Waals surface area contributed by atoms with E-state index in [0.717, 1.165) is 17.7 Å². The van der Waals surface area contributed by atoms with Gasteiger partial charge in [-0.1, -0.05) is 12.2 Å². The first kappa shape index (κ1) is 6.92. The molecule has 1 heterocycles. The summed E-state index contributed by atoms with van der Waals surface area (Å²) >= 11 is 4.34. The Morgan fingerprint density at radius 1 is 1.36 bits per heavy atom. The molecule has 1 aliphatic carbocycles. The van der Waals surface area contributed by atoms with Crippen LogP contribution in [-0.2, 0) is 6.42 Å². The summed E-state index contributed by atoms with van der Waals surface area (Å²) in [6.07, 6.45) is 10.2. The monoisotopic (exact) mass is 163 g/mol. The number of pyridine rings is 1. The lowest BCUT2D eigenvalue weighted by molar-refractivity contribution is 0.940. The zero-order chi connectivity index (χ0) is 7.68. The topological polar surface area (TPSA) is 12.9 Å². The van der Waals surface area contributed by atoms with E-state index in [0.29, 0.717) is 0 Å². The van der Waals surface area contributed by atoms with Gasteiger partial charge in [-0.25, -0.2) is 0 Å². The van der Waals surface area contributed by atoms with Gasteiger partial charge in [0.05, 0.1) is 0 Å². The third kappa shape index (κ3) is 1.18. The van der Waals surface area contributed by atoms with E-state index in [1.807, 2.05) is 6.20 Å². The second kappa shape index (κ2) is 2.70. The molecule has 2 rings (SSSR count). The lowest BCUT2D eigenvalue weighted by Crippen LogP contribution is -1.96. The van der Waals surface area contributed by atoms with E-state index in [4.69, 9.17) is 0 Å². The molecule has 56 valence electrons. The van der Waals surface area contributed by atoms with Gasteiger partial charge in [0.1, 0.15) is 0 Å². The highest BCUT2D eigenvalue weighted by atomic mass is 32.1. The summed E-state index contributed by atoms with van der Waals surface area (Å²) in [5.41, 5.74) is 2.56. The van der Waals surface area contributed by atoms with Crippen LogP contribution < -0.4 is 0 Å². The zero-order valence-electron chi connectivity index (χ0n) is 6.12. The van der Waals surface area contributed by atoms with Gasteiger partial charge < -0.3 is 0 Å². The maximum Gasteiger partial charge on any atom is 0.0404 e. The van der Waals surface area contributed by atoms with Crippen LogP contribution in [0.15, 0.2) is 23.4 Å². The molecule has 0 aromatic carbocycles. The number of fused-ring (bicyclic) bond motifs is 1. The Morgan fingerprint density at radius 3 is 3.09 bits per heavy atom. The van der Waals surface area contributed by atoms with E-state index in [2.05, 4.69) is 29.8 Å². The Morgan fingerprint density at radius 2 is 2.27 bits per heavy atom. The molecule has 1 aromatic heterocycles. The number of thiol groups is 1. The lowest BCUT2D eigenvalue weighted by Gasteiger charge is -2.10. The molecule has 0 spiro atoms. The molecule has 0 saturated carbocycles. The second-order valence-corrected chi connectivity index (χ2v) is 3.15. The summed E-state index contributed by atoms with van der Waals surface area (Å²) in [5.74, 6) is 0. The van der Waals surface area contributed by atoms with Crippen molar-refractivity contribution in [1.82, 2.24) is 4.98 Å². The minimum Gasteiger partial charge on any atom is -0.263 e. The number of rotatable bonds is 0. The predicted molar refractivity (Wildman–Crippen MR) is 48.8 cm³/mol. The molecule has 0 radical (unpaired) electrons. The minimum atomic E-state index is 1.02. The molecule has 0 amide bonds. The van der Waals surface area contributed by atoms with Crippen molar-refractivity contribution in [1.29, 1.82) is 0 Å². The molecular weight excluding hydrogens is 154 g/mol. The molecule has 0 fully saturated rings. The van der Waals surface area contributed by atoms with Crippen molar-refractivity contribution in [3.8, 4) is 0 Å². The Labute approximate surface area is 71.6 Å². The predicted octanol–water partition coefficient (Wildman–Crippen LogP) is 2.33. The van der Waals surface area contributed by atoms with Crippen LogP contribution in [0.1, 0.15) is 17.5 Å². The van der Waals surface area contributed by atoms with Gasteiger partial charge in [-0.05, 0) is 24.0 Å². The standard InChI is InChI=1S/C9H9NS/c11-9-6-10-5-7-3-1-2-4-8(7)9/h1,3,5-6,11H,2,4H2. The molecule has 0 bridgehead atoms. The molecule has 0 unspecified atom stereocenters. The smallest absolute Gasteiger partial charge is 0.0404 e. The largest absolute Gasteiger partial charge is 0.263 e. The van der Waals surface area contributed by atoms with Gasteiger partial charge in [-0.15, -0.1) is 12.6 Å². The number of allylic oxidation sites excluding steroid dienone is 1. The molecule has 1 aliphatic rings. The fourth-order valence-electron chi connectivity index (χ4n) is 1.35. The maximum absolute atomic E-state index is 4.34.